The minimum absolute atomic E-state index is 0.736. The maximum absolute atomic E-state index is 3.47. The van der Waals surface area contributed by atoms with Crippen molar-refractivity contribution in [2.24, 2.45) is 0 Å². The fourth-order valence-corrected chi connectivity index (χ4v) is 1.97. The molecule has 0 saturated carbocycles. The number of rotatable bonds is 1. The number of hydrogen-bond acceptors (Lipinski definition) is 1. The predicted molar refractivity (Wildman–Crippen MR) is 52.7 cm³/mol. The number of hydrogen-bond donors (Lipinski definition) is 1. The smallest absolute Gasteiger partial charge is 0.0406 e. The largest absolute Gasteiger partial charge is 0.384 e. The monoisotopic (exact) mass is 161 g/mol. The lowest BCUT2D eigenvalue weighted by molar-refractivity contribution is 0.727. The molecule has 1 nitrogen and oxygen atoms in total. The Morgan fingerprint density at radius 3 is 3.08 bits per heavy atom. The minimum atomic E-state index is 0.736. The van der Waals surface area contributed by atoms with E-state index in [1.807, 2.05) is 0 Å². The Hall–Kier alpha value is -0.980. The van der Waals surface area contributed by atoms with E-state index in [9.17, 15) is 0 Å². The number of aryl methyl sites for hydroxylation is 1. The standard InChI is InChI=1S/C11H15N/c1-3-9-7-12-11-8(2)5-4-6-10(9)11/h4-6,9,12H,3,7H2,1-2H3/t9-/m0/s1. The van der Waals surface area contributed by atoms with Crippen LogP contribution in [0.3, 0.4) is 0 Å². The first-order chi connectivity index (χ1) is 5.83. The Labute approximate surface area is 73.8 Å². The lowest BCUT2D eigenvalue weighted by Gasteiger charge is -2.06. The molecule has 12 heavy (non-hydrogen) atoms. The zero-order valence-corrected chi connectivity index (χ0v) is 7.72. The maximum Gasteiger partial charge on any atom is 0.0406 e. The first kappa shape index (κ1) is 7.66. The molecule has 1 heteroatoms. The molecule has 0 bridgehead atoms. The van der Waals surface area contributed by atoms with E-state index >= 15 is 0 Å². The van der Waals surface area contributed by atoms with E-state index in [4.69, 9.17) is 0 Å². The van der Waals surface area contributed by atoms with Crippen molar-refractivity contribution in [1.82, 2.24) is 0 Å². The SMILES string of the molecule is CC[C@H]1CNc2c(C)cccc21. The van der Waals surface area contributed by atoms with Crippen molar-refractivity contribution in [3.8, 4) is 0 Å². The van der Waals surface area contributed by atoms with Crippen LogP contribution >= 0.6 is 0 Å². The van der Waals surface area contributed by atoms with Crippen molar-refractivity contribution in [2.45, 2.75) is 26.2 Å². The third kappa shape index (κ3) is 1.01. The van der Waals surface area contributed by atoms with Gasteiger partial charge in [0.1, 0.15) is 0 Å². The first-order valence-electron chi connectivity index (χ1n) is 4.66. The van der Waals surface area contributed by atoms with Gasteiger partial charge in [-0.3, -0.25) is 0 Å². The van der Waals surface area contributed by atoms with Crippen molar-refractivity contribution in [3.05, 3.63) is 29.3 Å². The van der Waals surface area contributed by atoms with Gasteiger partial charge in [-0.05, 0) is 24.5 Å². The molecule has 0 aliphatic carbocycles. The molecule has 0 saturated heterocycles. The summed E-state index contributed by atoms with van der Waals surface area (Å²) in [4.78, 5) is 0. The van der Waals surface area contributed by atoms with Gasteiger partial charge in [-0.25, -0.2) is 0 Å². The second-order valence-electron chi connectivity index (χ2n) is 3.53. The summed E-state index contributed by atoms with van der Waals surface area (Å²) in [5.74, 6) is 0.736. The van der Waals surface area contributed by atoms with E-state index in [1.54, 1.807) is 0 Å². The van der Waals surface area contributed by atoms with E-state index in [1.165, 1.54) is 23.2 Å². The van der Waals surface area contributed by atoms with Crippen LogP contribution in [0.15, 0.2) is 18.2 Å². The van der Waals surface area contributed by atoms with Crippen molar-refractivity contribution in [3.63, 3.8) is 0 Å². The highest BCUT2D eigenvalue weighted by molar-refractivity contribution is 5.62. The van der Waals surface area contributed by atoms with Gasteiger partial charge < -0.3 is 5.32 Å². The fraction of sp³-hybridized carbons (Fsp3) is 0.455. The van der Waals surface area contributed by atoms with Crippen LogP contribution in [0.5, 0.6) is 0 Å². The molecule has 1 aliphatic heterocycles. The lowest BCUT2D eigenvalue weighted by Crippen LogP contribution is -1.99. The van der Waals surface area contributed by atoms with Gasteiger partial charge in [0.15, 0.2) is 0 Å². The molecule has 1 atom stereocenters. The summed E-state index contributed by atoms with van der Waals surface area (Å²) in [6.45, 7) is 5.55. The zero-order chi connectivity index (χ0) is 8.55. The normalized spacial score (nSPS) is 20.3. The molecule has 0 fully saturated rings. The van der Waals surface area contributed by atoms with Crippen molar-refractivity contribution < 1.29 is 0 Å². The molecule has 1 heterocycles. The second kappa shape index (κ2) is 2.81. The van der Waals surface area contributed by atoms with Crippen molar-refractivity contribution in [2.75, 3.05) is 11.9 Å². The average molecular weight is 161 g/mol. The van der Waals surface area contributed by atoms with Gasteiger partial charge in [-0.1, -0.05) is 25.1 Å². The number of para-hydroxylation sites is 1. The van der Waals surface area contributed by atoms with E-state index in [-0.39, 0.29) is 0 Å². The molecular weight excluding hydrogens is 146 g/mol. The average Bonchev–Trinajstić information content (AvgIpc) is 2.49. The Bertz CT molecular complexity index is 291. The fourth-order valence-electron chi connectivity index (χ4n) is 1.97. The highest BCUT2D eigenvalue weighted by atomic mass is 14.9. The molecule has 0 unspecified atom stereocenters. The Morgan fingerprint density at radius 1 is 1.50 bits per heavy atom. The van der Waals surface area contributed by atoms with E-state index in [0.717, 1.165) is 12.5 Å². The summed E-state index contributed by atoms with van der Waals surface area (Å²) >= 11 is 0. The number of nitrogens with one attached hydrogen (secondary N) is 1. The van der Waals surface area contributed by atoms with Crippen molar-refractivity contribution >= 4 is 5.69 Å². The Morgan fingerprint density at radius 2 is 2.33 bits per heavy atom. The molecule has 0 amide bonds. The summed E-state index contributed by atoms with van der Waals surface area (Å²) in [6, 6.07) is 6.57. The highest BCUT2D eigenvalue weighted by Gasteiger charge is 2.20. The molecule has 2 rings (SSSR count). The van der Waals surface area contributed by atoms with Crippen LogP contribution in [0, 0.1) is 6.92 Å². The van der Waals surface area contributed by atoms with Gasteiger partial charge in [-0.2, -0.15) is 0 Å². The molecule has 0 spiro atoms. The summed E-state index contributed by atoms with van der Waals surface area (Å²) in [7, 11) is 0. The number of anilines is 1. The van der Waals surface area contributed by atoms with Gasteiger partial charge in [0.25, 0.3) is 0 Å². The summed E-state index contributed by atoms with van der Waals surface area (Å²) < 4.78 is 0. The molecule has 1 aromatic rings. The molecule has 64 valence electrons. The molecular formula is C11H15N. The minimum Gasteiger partial charge on any atom is -0.384 e. The van der Waals surface area contributed by atoms with Crippen LogP contribution in [-0.4, -0.2) is 6.54 Å². The maximum atomic E-state index is 3.47. The van der Waals surface area contributed by atoms with Gasteiger partial charge >= 0.3 is 0 Å². The van der Waals surface area contributed by atoms with Crippen LogP contribution in [0.2, 0.25) is 0 Å². The van der Waals surface area contributed by atoms with Crippen LogP contribution < -0.4 is 5.32 Å². The van der Waals surface area contributed by atoms with Gasteiger partial charge in [0, 0.05) is 18.2 Å². The quantitative estimate of drug-likeness (QED) is 0.667. The van der Waals surface area contributed by atoms with Crippen LogP contribution in [0.25, 0.3) is 0 Å². The van der Waals surface area contributed by atoms with E-state index < -0.39 is 0 Å². The topological polar surface area (TPSA) is 12.0 Å². The summed E-state index contributed by atoms with van der Waals surface area (Å²) in [5.41, 5.74) is 4.27. The predicted octanol–water partition coefficient (Wildman–Crippen LogP) is 2.91. The summed E-state index contributed by atoms with van der Waals surface area (Å²) in [6.07, 6.45) is 1.24. The van der Waals surface area contributed by atoms with Gasteiger partial charge in [0.05, 0.1) is 0 Å². The van der Waals surface area contributed by atoms with Crippen LogP contribution in [0.4, 0.5) is 5.69 Å². The Kier molecular flexibility index (Phi) is 1.80. The molecule has 0 radical (unpaired) electrons. The van der Waals surface area contributed by atoms with Crippen LogP contribution in [-0.2, 0) is 0 Å². The molecule has 1 N–H and O–H groups in total. The van der Waals surface area contributed by atoms with Gasteiger partial charge in [-0.15, -0.1) is 0 Å². The molecule has 1 aliphatic rings. The van der Waals surface area contributed by atoms with Crippen LogP contribution in [0.1, 0.15) is 30.4 Å². The summed E-state index contributed by atoms with van der Waals surface area (Å²) in [5, 5.41) is 3.47. The highest BCUT2D eigenvalue weighted by Crippen LogP contribution is 2.35. The Balaban J connectivity index is 2.46. The molecule has 1 aromatic carbocycles. The first-order valence-corrected chi connectivity index (χ1v) is 4.66. The third-order valence-electron chi connectivity index (χ3n) is 2.76. The number of benzene rings is 1. The second-order valence-corrected chi connectivity index (χ2v) is 3.53. The van der Waals surface area contributed by atoms with E-state index in [0.29, 0.717) is 0 Å². The zero-order valence-electron chi connectivity index (χ0n) is 7.72. The van der Waals surface area contributed by atoms with E-state index in [2.05, 4.69) is 37.4 Å². The van der Waals surface area contributed by atoms with Gasteiger partial charge in [0.2, 0.25) is 0 Å². The number of fused-ring (bicyclic) bond motifs is 1. The third-order valence-corrected chi connectivity index (χ3v) is 2.76. The molecule has 0 aromatic heterocycles. The lowest BCUT2D eigenvalue weighted by atomic mass is 9.97. The van der Waals surface area contributed by atoms with Crippen molar-refractivity contribution in [1.29, 1.82) is 0 Å².